The molecule has 0 amide bonds. The third-order valence-electron chi connectivity index (χ3n) is 3.98. The molecule has 0 saturated heterocycles. The van der Waals surface area contributed by atoms with E-state index in [2.05, 4.69) is 56.3 Å². The van der Waals surface area contributed by atoms with Crippen LogP contribution in [0.15, 0.2) is 42.5 Å². The van der Waals surface area contributed by atoms with E-state index in [9.17, 15) is 0 Å². The average molecular weight is 267 g/mol. The van der Waals surface area contributed by atoms with Gasteiger partial charge in [-0.15, -0.1) is 0 Å². The summed E-state index contributed by atoms with van der Waals surface area (Å²) in [5.41, 5.74) is 11.1. The second kappa shape index (κ2) is 5.29. The number of benzene rings is 2. The molecular weight excluding hydrogens is 246 g/mol. The highest BCUT2D eigenvalue weighted by molar-refractivity contribution is 5.67. The summed E-state index contributed by atoms with van der Waals surface area (Å²) in [6.07, 6.45) is 2.25. The molecule has 2 N–H and O–H groups in total. The Balaban J connectivity index is 1.96. The molecule has 2 aromatic carbocycles. The number of ether oxygens (including phenoxy) is 1. The molecule has 104 valence electrons. The molecule has 2 unspecified atom stereocenters. The number of hydrogen-bond acceptors (Lipinski definition) is 2. The number of hydrogen-bond donors (Lipinski definition) is 1. The van der Waals surface area contributed by atoms with Crippen molar-refractivity contribution >= 4 is 0 Å². The third kappa shape index (κ3) is 2.44. The molecule has 0 spiro atoms. The van der Waals surface area contributed by atoms with Crippen LogP contribution in [0, 0.1) is 0 Å². The molecule has 0 aliphatic carbocycles. The lowest BCUT2D eigenvalue weighted by Gasteiger charge is -2.11. The first-order valence-corrected chi connectivity index (χ1v) is 7.33. The van der Waals surface area contributed by atoms with Crippen molar-refractivity contribution in [2.45, 2.75) is 38.8 Å². The lowest BCUT2D eigenvalue weighted by atomic mass is 9.97. The van der Waals surface area contributed by atoms with Crippen molar-refractivity contribution in [2.75, 3.05) is 0 Å². The smallest absolute Gasteiger partial charge is 0.123 e. The first-order chi connectivity index (χ1) is 9.67. The largest absolute Gasteiger partial charge is 0.490 e. The minimum absolute atomic E-state index is 0.118. The molecule has 3 rings (SSSR count). The Labute approximate surface area is 120 Å². The zero-order chi connectivity index (χ0) is 14.1. The summed E-state index contributed by atoms with van der Waals surface area (Å²) < 4.78 is 5.76. The topological polar surface area (TPSA) is 35.2 Å². The van der Waals surface area contributed by atoms with E-state index in [1.54, 1.807) is 0 Å². The maximum Gasteiger partial charge on any atom is 0.123 e. The molecule has 0 radical (unpaired) electrons. The average Bonchev–Trinajstić information content (AvgIpc) is 2.85. The van der Waals surface area contributed by atoms with E-state index in [0.717, 1.165) is 18.6 Å². The summed E-state index contributed by atoms with van der Waals surface area (Å²) in [5.74, 6) is 1.03. The normalized spacial score (nSPS) is 18.4. The zero-order valence-electron chi connectivity index (χ0n) is 12.1. The predicted molar refractivity (Wildman–Crippen MR) is 82.9 cm³/mol. The maximum absolute atomic E-state index is 6.13. The second-order valence-electron chi connectivity index (χ2n) is 5.60. The SMILES string of the molecule is CCC(N)c1cccc(-c2ccc3c(c2)CC(C)O3)c1. The maximum atomic E-state index is 6.13. The van der Waals surface area contributed by atoms with Crippen LogP contribution in [0.5, 0.6) is 5.75 Å². The summed E-state index contributed by atoms with van der Waals surface area (Å²) in [4.78, 5) is 0. The Morgan fingerprint density at radius 2 is 2.00 bits per heavy atom. The van der Waals surface area contributed by atoms with Crippen molar-refractivity contribution < 1.29 is 4.74 Å². The monoisotopic (exact) mass is 267 g/mol. The van der Waals surface area contributed by atoms with Gasteiger partial charge in [0.2, 0.25) is 0 Å². The molecule has 2 atom stereocenters. The van der Waals surface area contributed by atoms with Gasteiger partial charge in [-0.25, -0.2) is 0 Å². The molecule has 1 aliphatic rings. The van der Waals surface area contributed by atoms with Crippen LogP contribution in [0.1, 0.15) is 37.4 Å². The van der Waals surface area contributed by atoms with Crippen molar-refractivity contribution in [2.24, 2.45) is 5.73 Å². The Kier molecular flexibility index (Phi) is 3.49. The Bertz CT molecular complexity index is 621. The molecule has 0 fully saturated rings. The van der Waals surface area contributed by atoms with Crippen molar-refractivity contribution in [1.82, 2.24) is 0 Å². The molecular formula is C18H21NO. The van der Waals surface area contributed by atoms with Crippen LogP contribution in [0.4, 0.5) is 0 Å². The summed E-state index contributed by atoms with van der Waals surface area (Å²) >= 11 is 0. The van der Waals surface area contributed by atoms with E-state index in [1.165, 1.54) is 22.3 Å². The number of rotatable bonds is 3. The summed E-state index contributed by atoms with van der Waals surface area (Å²) in [5, 5.41) is 0. The molecule has 1 aliphatic heterocycles. The minimum atomic E-state index is 0.118. The van der Waals surface area contributed by atoms with Gasteiger partial charge in [-0.1, -0.05) is 31.2 Å². The van der Waals surface area contributed by atoms with Gasteiger partial charge in [0.25, 0.3) is 0 Å². The highest BCUT2D eigenvalue weighted by atomic mass is 16.5. The van der Waals surface area contributed by atoms with Crippen LogP contribution in [-0.4, -0.2) is 6.10 Å². The fourth-order valence-electron chi connectivity index (χ4n) is 2.79. The molecule has 0 bridgehead atoms. The van der Waals surface area contributed by atoms with E-state index in [0.29, 0.717) is 6.10 Å². The lowest BCUT2D eigenvalue weighted by Crippen LogP contribution is -2.08. The van der Waals surface area contributed by atoms with Gasteiger partial charge < -0.3 is 10.5 Å². The molecule has 2 heteroatoms. The summed E-state index contributed by atoms with van der Waals surface area (Å²) in [6, 6.07) is 15.1. The van der Waals surface area contributed by atoms with Crippen LogP contribution in [0.25, 0.3) is 11.1 Å². The first-order valence-electron chi connectivity index (χ1n) is 7.33. The van der Waals surface area contributed by atoms with Crippen LogP contribution >= 0.6 is 0 Å². The Morgan fingerprint density at radius 3 is 2.80 bits per heavy atom. The Morgan fingerprint density at radius 1 is 1.20 bits per heavy atom. The van der Waals surface area contributed by atoms with Gasteiger partial charge >= 0.3 is 0 Å². The standard InChI is InChI=1S/C18H21NO/c1-3-17(19)15-6-4-5-13(10-15)14-7-8-18-16(11-14)9-12(2)20-18/h4-8,10-12,17H,3,9,19H2,1-2H3. The van der Waals surface area contributed by atoms with Crippen LogP contribution < -0.4 is 10.5 Å². The van der Waals surface area contributed by atoms with E-state index in [1.807, 2.05) is 0 Å². The van der Waals surface area contributed by atoms with E-state index in [4.69, 9.17) is 10.5 Å². The fourth-order valence-corrected chi connectivity index (χ4v) is 2.79. The van der Waals surface area contributed by atoms with Gasteiger partial charge in [0.05, 0.1) is 0 Å². The van der Waals surface area contributed by atoms with Gasteiger partial charge in [0.1, 0.15) is 11.9 Å². The molecule has 2 nitrogen and oxygen atoms in total. The van der Waals surface area contributed by atoms with E-state index >= 15 is 0 Å². The second-order valence-corrected chi connectivity index (χ2v) is 5.60. The highest BCUT2D eigenvalue weighted by Gasteiger charge is 2.19. The Hall–Kier alpha value is -1.80. The van der Waals surface area contributed by atoms with E-state index < -0.39 is 0 Å². The predicted octanol–water partition coefficient (Wildman–Crippen LogP) is 4.09. The third-order valence-corrected chi connectivity index (χ3v) is 3.98. The van der Waals surface area contributed by atoms with Crippen molar-refractivity contribution in [1.29, 1.82) is 0 Å². The molecule has 0 aromatic heterocycles. The van der Waals surface area contributed by atoms with Gasteiger partial charge in [-0.2, -0.15) is 0 Å². The molecule has 1 heterocycles. The molecule has 0 saturated carbocycles. The van der Waals surface area contributed by atoms with Gasteiger partial charge in [0.15, 0.2) is 0 Å². The molecule has 20 heavy (non-hydrogen) atoms. The van der Waals surface area contributed by atoms with Crippen molar-refractivity contribution in [3.63, 3.8) is 0 Å². The van der Waals surface area contributed by atoms with Crippen LogP contribution in [0.2, 0.25) is 0 Å². The fraction of sp³-hybridized carbons (Fsp3) is 0.333. The van der Waals surface area contributed by atoms with Crippen molar-refractivity contribution in [3.05, 3.63) is 53.6 Å². The number of fused-ring (bicyclic) bond motifs is 1. The quantitative estimate of drug-likeness (QED) is 0.909. The van der Waals surface area contributed by atoms with Gasteiger partial charge in [-0.3, -0.25) is 0 Å². The zero-order valence-corrected chi connectivity index (χ0v) is 12.1. The summed E-state index contributed by atoms with van der Waals surface area (Å²) in [7, 11) is 0. The lowest BCUT2D eigenvalue weighted by molar-refractivity contribution is 0.254. The minimum Gasteiger partial charge on any atom is -0.490 e. The van der Waals surface area contributed by atoms with Crippen LogP contribution in [0.3, 0.4) is 0 Å². The highest BCUT2D eigenvalue weighted by Crippen LogP contribution is 2.33. The van der Waals surface area contributed by atoms with Crippen molar-refractivity contribution in [3.8, 4) is 16.9 Å². The van der Waals surface area contributed by atoms with Gasteiger partial charge in [-0.05, 0) is 53.8 Å². The number of nitrogens with two attached hydrogens (primary N) is 1. The van der Waals surface area contributed by atoms with E-state index in [-0.39, 0.29) is 6.04 Å². The van der Waals surface area contributed by atoms with Gasteiger partial charge in [0, 0.05) is 12.5 Å². The summed E-state index contributed by atoms with van der Waals surface area (Å²) in [6.45, 7) is 4.23. The van der Waals surface area contributed by atoms with Crippen LogP contribution in [-0.2, 0) is 6.42 Å². The molecule has 2 aromatic rings. The first kappa shape index (κ1) is 13.2.